The van der Waals surface area contributed by atoms with E-state index in [1.807, 2.05) is 39.8 Å². The summed E-state index contributed by atoms with van der Waals surface area (Å²) in [6, 6.07) is 6.80. The lowest BCUT2D eigenvalue weighted by atomic mass is 9.66. The number of piperidine rings is 2. The van der Waals surface area contributed by atoms with E-state index in [0.717, 1.165) is 43.7 Å². The minimum atomic E-state index is -3.27. The van der Waals surface area contributed by atoms with Crippen molar-refractivity contribution in [3.63, 3.8) is 0 Å². The second-order valence-electron chi connectivity index (χ2n) is 9.89. The SMILES string of the molecule is CCCS(=O)(=O)c1ccc(C(NC(=O)OC(C)(C)C)C23CCC(CC2)CN3C)cc1. The molecule has 2 saturated heterocycles. The molecule has 1 unspecified atom stereocenters. The molecule has 2 heterocycles. The third-order valence-corrected chi connectivity index (χ3v) is 8.44. The number of ether oxygens (including phenoxy) is 1. The van der Waals surface area contributed by atoms with Crippen molar-refractivity contribution in [2.75, 3.05) is 19.3 Å². The quantitative estimate of drug-likeness (QED) is 0.719. The monoisotopic (exact) mass is 436 g/mol. The highest BCUT2D eigenvalue weighted by Gasteiger charge is 2.50. The Morgan fingerprint density at radius 3 is 2.33 bits per heavy atom. The van der Waals surface area contributed by atoms with Crippen LogP contribution in [0.15, 0.2) is 29.2 Å². The number of hydrogen-bond donors (Lipinski definition) is 1. The lowest BCUT2D eigenvalue weighted by Gasteiger charge is -2.57. The van der Waals surface area contributed by atoms with Gasteiger partial charge in [0, 0.05) is 12.1 Å². The zero-order valence-electron chi connectivity index (χ0n) is 18.9. The zero-order valence-corrected chi connectivity index (χ0v) is 19.7. The number of carbonyl (C=O) groups is 1. The van der Waals surface area contributed by atoms with E-state index in [0.29, 0.717) is 11.3 Å². The fraction of sp³-hybridized carbons (Fsp3) is 0.696. The highest BCUT2D eigenvalue weighted by Crippen LogP contribution is 2.49. The van der Waals surface area contributed by atoms with Crippen LogP contribution < -0.4 is 5.32 Å². The Kier molecular flexibility index (Phi) is 6.54. The Hall–Kier alpha value is -1.60. The number of rotatable bonds is 6. The van der Waals surface area contributed by atoms with Gasteiger partial charge in [-0.15, -0.1) is 0 Å². The molecule has 2 bridgehead atoms. The Morgan fingerprint density at radius 1 is 1.23 bits per heavy atom. The van der Waals surface area contributed by atoms with Gasteiger partial charge in [0.15, 0.2) is 9.84 Å². The second kappa shape index (κ2) is 8.50. The average Bonchev–Trinajstić information content (AvgIpc) is 2.66. The van der Waals surface area contributed by atoms with E-state index in [9.17, 15) is 13.2 Å². The molecule has 0 aromatic heterocycles. The molecule has 1 saturated carbocycles. The van der Waals surface area contributed by atoms with Crippen molar-refractivity contribution in [2.45, 2.75) is 81.9 Å². The molecule has 1 aliphatic carbocycles. The number of carbonyl (C=O) groups excluding carboxylic acids is 1. The van der Waals surface area contributed by atoms with E-state index in [4.69, 9.17) is 4.74 Å². The summed E-state index contributed by atoms with van der Waals surface area (Å²) in [6.45, 7) is 8.44. The van der Waals surface area contributed by atoms with E-state index in [-0.39, 0.29) is 17.3 Å². The molecule has 6 nitrogen and oxygen atoms in total. The van der Waals surface area contributed by atoms with Gasteiger partial charge >= 0.3 is 6.09 Å². The summed E-state index contributed by atoms with van der Waals surface area (Å²) >= 11 is 0. The van der Waals surface area contributed by atoms with E-state index < -0.39 is 21.5 Å². The fourth-order valence-corrected chi connectivity index (χ4v) is 6.35. The van der Waals surface area contributed by atoms with Crippen LogP contribution in [0.5, 0.6) is 0 Å². The number of fused-ring (bicyclic) bond motifs is 3. The molecule has 1 atom stereocenters. The van der Waals surface area contributed by atoms with Crippen molar-refractivity contribution in [3.05, 3.63) is 29.8 Å². The molecule has 4 rings (SSSR count). The third-order valence-electron chi connectivity index (χ3n) is 6.51. The molecule has 1 amide bonds. The number of amides is 1. The molecule has 0 radical (unpaired) electrons. The maximum absolute atomic E-state index is 12.7. The molecule has 1 aromatic carbocycles. The molecule has 2 aliphatic heterocycles. The summed E-state index contributed by atoms with van der Waals surface area (Å²) in [5.74, 6) is 0.862. The van der Waals surface area contributed by atoms with Crippen molar-refractivity contribution < 1.29 is 17.9 Å². The molecule has 7 heteroatoms. The molecular weight excluding hydrogens is 400 g/mol. The summed E-state index contributed by atoms with van der Waals surface area (Å²) < 4.78 is 30.4. The van der Waals surface area contributed by atoms with Gasteiger partial charge in [0.1, 0.15) is 5.60 Å². The van der Waals surface area contributed by atoms with Gasteiger partial charge in [-0.25, -0.2) is 13.2 Å². The maximum Gasteiger partial charge on any atom is 0.408 e. The van der Waals surface area contributed by atoms with E-state index >= 15 is 0 Å². The Bertz CT molecular complexity index is 850. The van der Waals surface area contributed by atoms with Crippen molar-refractivity contribution in [3.8, 4) is 0 Å². The average molecular weight is 437 g/mol. The second-order valence-corrected chi connectivity index (χ2v) is 12.0. The molecule has 0 spiro atoms. The van der Waals surface area contributed by atoms with Gasteiger partial charge in [-0.05, 0) is 83.5 Å². The number of alkyl carbamates (subject to hydrolysis) is 1. The van der Waals surface area contributed by atoms with Crippen molar-refractivity contribution in [2.24, 2.45) is 5.92 Å². The molecule has 168 valence electrons. The molecule has 1 N–H and O–H groups in total. The minimum Gasteiger partial charge on any atom is -0.444 e. The largest absolute Gasteiger partial charge is 0.444 e. The van der Waals surface area contributed by atoms with Crippen molar-refractivity contribution >= 4 is 15.9 Å². The Morgan fingerprint density at radius 2 is 1.83 bits per heavy atom. The predicted octanol–water partition coefficient (Wildman–Crippen LogP) is 4.31. The number of sulfone groups is 1. The Labute approximate surface area is 181 Å². The smallest absolute Gasteiger partial charge is 0.408 e. The number of nitrogens with zero attached hydrogens (tertiary/aromatic N) is 1. The summed E-state index contributed by atoms with van der Waals surface area (Å²) in [5, 5.41) is 3.14. The number of likely N-dealkylation sites (N-methyl/N-ethyl adjacent to an activating group) is 1. The van der Waals surface area contributed by atoms with Crippen LogP contribution >= 0.6 is 0 Å². The van der Waals surface area contributed by atoms with E-state index in [1.54, 1.807) is 12.1 Å². The highest BCUT2D eigenvalue weighted by atomic mass is 32.2. The van der Waals surface area contributed by atoms with Crippen LogP contribution in [0.2, 0.25) is 0 Å². The normalized spacial score (nSPS) is 25.7. The summed E-state index contributed by atoms with van der Waals surface area (Å²) in [4.78, 5) is 15.4. The van der Waals surface area contributed by atoms with Gasteiger partial charge in [-0.1, -0.05) is 19.1 Å². The van der Waals surface area contributed by atoms with Gasteiger partial charge < -0.3 is 10.1 Å². The first-order valence-electron chi connectivity index (χ1n) is 11.0. The molecule has 1 aromatic rings. The molecule has 30 heavy (non-hydrogen) atoms. The van der Waals surface area contributed by atoms with Gasteiger partial charge in [0.2, 0.25) is 0 Å². The van der Waals surface area contributed by atoms with Crippen LogP contribution in [-0.4, -0.2) is 49.9 Å². The maximum atomic E-state index is 12.7. The van der Waals surface area contributed by atoms with Crippen LogP contribution in [-0.2, 0) is 14.6 Å². The van der Waals surface area contributed by atoms with Crippen LogP contribution in [0, 0.1) is 5.92 Å². The number of hydrogen-bond acceptors (Lipinski definition) is 5. The minimum absolute atomic E-state index is 0.139. The standard InChI is InChI=1S/C23H36N2O4S/c1-6-15-30(27,28)19-9-7-18(8-10-19)20(24-21(26)29-22(2,3)4)23-13-11-17(12-14-23)16-25(23)5/h7-10,17,20H,6,11-16H2,1-5H3,(H,24,26). The van der Waals surface area contributed by atoms with Crippen molar-refractivity contribution in [1.82, 2.24) is 10.2 Å². The van der Waals surface area contributed by atoms with Crippen LogP contribution in [0.3, 0.4) is 0 Å². The molecule has 3 aliphatic rings. The summed E-state index contributed by atoms with van der Waals surface area (Å²) in [6.07, 6.45) is 4.46. The first-order chi connectivity index (χ1) is 14.0. The van der Waals surface area contributed by atoms with Crippen molar-refractivity contribution in [1.29, 1.82) is 0 Å². The summed E-state index contributed by atoms with van der Waals surface area (Å²) in [5.41, 5.74) is 0.152. The van der Waals surface area contributed by atoms with Crippen LogP contribution in [0.4, 0.5) is 4.79 Å². The lowest BCUT2D eigenvalue weighted by Crippen LogP contribution is -2.62. The van der Waals surface area contributed by atoms with Crippen LogP contribution in [0.25, 0.3) is 0 Å². The zero-order chi connectivity index (χ0) is 22.2. The van der Waals surface area contributed by atoms with Gasteiger partial charge in [0.25, 0.3) is 0 Å². The predicted molar refractivity (Wildman–Crippen MR) is 118 cm³/mol. The van der Waals surface area contributed by atoms with Gasteiger partial charge in [0.05, 0.1) is 16.7 Å². The van der Waals surface area contributed by atoms with Gasteiger partial charge in [-0.2, -0.15) is 0 Å². The first-order valence-corrected chi connectivity index (χ1v) is 12.7. The highest BCUT2D eigenvalue weighted by molar-refractivity contribution is 7.91. The fourth-order valence-electron chi connectivity index (χ4n) is 5.03. The number of benzene rings is 1. The van der Waals surface area contributed by atoms with Crippen LogP contribution in [0.1, 0.15) is 71.4 Å². The number of nitrogens with one attached hydrogen (secondary N) is 1. The lowest BCUT2D eigenvalue weighted by molar-refractivity contribution is -0.0442. The molecule has 3 fully saturated rings. The topological polar surface area (TPSA) is 75.7 Å². The third kappa shape index (κ3) is 4.83. The van der Waals surface area contributed by atoms with E-state index in [2.05, 4.69) is 17.3 Å². The van der Waals surface area contributed by atoms with Gasteiger partial charge in [-0.3, -0.25) is 4.90 Å². The van der Waals surface area contributed by atoms with E-state index in [1.165, 1.54) is 0 Å². The summed E-state index contributed by atoms with van der Waals surface area (Å²) in [7, 11) is -1.14. The molecular formula is C23H36N2O4S. The Balaban J connectivity index is 1.94. The first kappa shape index (κ1) is 23.1.